The molecule has 1 fully saturated rings. The predicted molar refractivity (Wildman–Crippen MR) is 46.3 cm³/mol. The molecular weight excluding hydrogens is 152 g/mol. The summed E-state index contributed by atoms with van der Waals surface area (Å²) in [4.78, 5) is 0. The van der Waals surface area contributed by atoms with Gasteiger partial charge in [0.25, 0.3) is 0 Å². The molecule has 0 N–H and O–H groups in total. The monoisotopic (exact) mass is 166 g/mol. The van der Waals surface area contributed by atoms with Gasteiger partial charge in [-0.2, -0.15) is 0 Å². The second-order valence-corrected chi connectivity index (χ2v) is 3.36. The molecule has 1 aliphatic heterocycles. The molecule has 2 nitrogen and oxygen atoms in total. The van der Waals surface area contributed by atoms with Crippen molar-refractivity contribution in [2.24, 2.45) is 0 Å². The lowest BCUT2D eigenvalue weighted by Crippen LogP contribution is -2.34. The van der Waals surface area contributed by atoms with Crippen LogP contribution in [0.2, 0.25) is 0 Å². The van der Waals surface area contributed by atoms with Crippen molar-refractivity contribution in [2.75, 3.05) is 0 Å². The van der Waals surface area contributed by atoms with Gasteiger partial charge in [0.05, 0.1) is 12.5 Å². The number of hydrogen-bond acceptors (Lipinski definition) is 2. The van der Waals surface area contributed by atoms with Crippen LogP contribution in [0.5, 0.6) is 0 Å². The summed E-state index contributed by atoms with van der Waals surface area (Å²) in [5.41, 5.74) is 0. The fourth-order valence-electron chi connectivity index (χ4n) is 1.77. The van der Waals surface area contributed by atoms with Crippen LogP contribution >= 0.6 is 0 Å². The summed E-state index contributed by atoms with van der Waals surface area (Å²) in [6, 6.07) is 0. The van der Waals surface area contributed by atoms with Crippen LogP contribution in [-0.4, -0.2) is 5.79 Å². The Balaban J connectivity index is 2.07. The van der Waals surface area contributed by atoms with Crippen LogP contribution in [0, 0.1) is 0 Å². The van der Waals surface area contributed by atoms with Crippen molar-refractivity contribution >= 4 is 0 Å². The van der Waals surface area contributed by atoms with E-state index >= 15 is 0 Å². The Morgan fingerprint density at radius 3 is 2.00 bits per heavy atom. The third kappa shape index (κ3) is 1.47. The highest BCUT2D eigenvalue weighted by atomic mass is 16.7. The summed E-state index contributed by atoms with van der Waals surface area (Å²) >= 11 is 0. The van der Waals surface area contributed by atoms with Crippen LogP contribution in [0.15, 0.2) is 24.7 Å². The van der Waals surface area contributed by atoms with Crippen molar-refractivity contribution < 1.29 is 9.47 Å². The first kappa shape index (κ1) is 7.71. The van der Waals surface area contributed by atoms with E-state index in [1.807, 2.05) is 12.2 Å². The van der Waals surface area contributed by atoms with Gasteiger partial charge in [0, 0.05) is 12.8 Å². The largest absolute Gasteiger partial charge is 0.460 e. The Hall–Kier alpha value is -0.920. The van der Waals surface area contributed by atoms with Gasteiger partial charge in [-0.1, -0.05) is 6.42 Å². The summed E-state index contributed by atoms with van der Waals surface area (Å²) < 4.78 is 11.1. The standard InChI is InChI=1S/C10H14O2/c1-2-6-10(7-3-1)11-8-4-5-9-12-10/h4-5,8-9H,1-3,6-7H2. The molecule has 2 aliphatic rings. The van der Waals surface area contributed by atoms with E-state index in [0.29, 0.717) is 0 Å². The average Bonchev–Trinajstić information content (AvgIpc) is 2.33. The molecule has 0 aromatic carbocycles. The minimum atomic E-state index is -0.332. The summed E-state index contributed by atoms with van der Waals surface area (Å²) in [6.45, 7) is 0. The lowest BCUT2D eigenvalue weighted by molar-refractivity contribution is -0.189. The normalized spacial score (nSPS) is 26.0. The third-order valence-electron chi connectivity index (χ3n) is 2.45. The molecule has 0 bridgehead atoms. The molecule has 1 saturated carbocycles. The zero-order valence-electron chi connectivity index (χ0n) is 7.16. The Morgan fingerprint density at radius 1 is 0.833 bits per heavy atom. The smallest absolute Gasteiger partial charge is 0.249 e. The molecule has 0 radical (unpaired) electrons. The molecular formula is C10H14O2. The summed E-state index contributed by atoms with van der Waals surface area (Å²) in [5.74, 6) is -0.332. The third-order valence-corrected chi connectivity index (χ3v) is 2.45. The van der Waals surface area contributed by atoms with E-state index in [4.69, 9.17) is 9.47 Å². The molecule has 1 spiro atoms. The number of rotatable bonds is 0. The van der Waals surface area contributed by atoms with Crippen molar-refractivity contribution in [1.29, 1.82) is 0 Å². The van der Waals surface area contributed by atoms with E-state index in [9.17, 15) is 0 Å². The van der Waals surface area contributed by atoms with E-state index in [1.165, 1.54) is 19.3 Å². The Kier molecular flexibility index (Phi) is 2.07. The highest BCUT2D eigenvalue weighted by Crippen LogP contribution is 2.33. The lowest BCUT2D eigenvalue weighted by Gasteiger charge is -2.34. The van der Waals surface area contributed by atoms with Gasteiger partial charge >= 0.3 is 0 Å². The van der Waals surface area contributed by atoms with Gasteiger partial charge in [0.2, 0.25) is 5.79 Å². The molecule has 66 valence electrons. The second kappa shape index (κ2) is 3.21. The van der Waals surface area contributed by atoms with Crippen LogP contribution < -0.4 is 0 Å². The highest BCUT2D eigenvalue weighted by Gasteiger charge is 2.34. The van der Waals surface area contributed by atoms with Crippen LogP contribution in [0.4, 0.5) is 0 Å². The van der Waals surface area contributed by atoms with Crippen LogP contribution in [-0.2, 0) is 9.47 Å². The van der Waals surface area contributed by atoms with Gasteiger partial charge in [0.1, 0.15) is 0 Å². The molecule has 2 heteroatoms. The van der Waals surface area contributed by atoms with E-state index in [-0.39, 0.29) is 5.79 Å². The SMILES string of the molecule is C1=COC2(CCCCC2)OC=C1. The van der Waals surface area contributed by atoms with Crippen molar-refractivity contribution in [3.8, 4) is 0 Å². The van der Waals surface area contributed by atoms with Crippen molar-refractivity contribution in [1.82, 2.24) is 0 Å². The van der Waals surface area contributed by atoms with Crippen LogP contribution in [0.1, 0.15) is 32.1 Å². The van der Waals surface area contributed by atoms with Crippen LogP contribution in [0.25, 0.3) is 0 Å². The first-order chi connectivity index (χ1) is 5.91. The molecule has 0 amide bonds. The molecule has 0 aromatic heterocycles. The van der Waals surface area contributed by atoms with Crippen LogP contribution in [0.3, 0.4) is 0 Å². The number of ether oxygens (including phenoxy) is 2. The maximum Gasteiger partial charge on any atom is 0.249 e. The lowest BCUT2D eigenvalue weighted by atomic mass is 9.94. The van der Waals surface area contributed by atoms with E-state index in [0.717, 1.165) is 12.8 Å². The molecule has 1 aliphatic carbocycles. The second-order valence-electron chi connectivity index (χ2n) is 3.36. The van der Waals surface area contributed by atoms with E-state index in [1.54, 1.807) is 12.5 Å². The van der Waals surface area contributed by atoms with Gasteiger partial charge in [-0.05, 0) is 25.0 Å². The Bertz CT molecular complexity index is 184. The first-order valence-electron chi connectivity index (χ1n) is 4.59. The van der Waals surface area contributed by atoms with Gasteiger partial charge in [-0.25, -0.2) is 0 Å². The average molecular weight is 166 g/mol. The van der Waals surface area contributed by atoms with Gasteiger partial charge < -0.3 is 9.47 Å². The van der Waals surface area contributed by atoms with Gasteiger partial charge in [-0.15, -0.1) is 0 Å². The fourth-order valence-corrected chi connectivity index (χ4v) is 1.77. The molecule has 0 saturated heterocycles. The maximum absolute atomic E-state index is 5.57. The zero-order chi connectivity index (χ0) is 8.28. The van der Waals surface area contributed by atoms with Gasteiger partial charge in [-0.3, -0.25) is 0 Å². The molecule has 1 heterocycles. The first-order valence-corrected chi connectivity index (χ1v) is 4.59. The number of allylic oxidation sites excluding steroid dienone is 2. The summed E-state index contributed by atoms with van der Waals surface area (Å²) in [6.07, 6.45) is 12.9. The summed E-state index contributed by atoms with van der Waals surface area (Å²) in [5, 5.41) is 0. The quantitative estimate of drug-likeness (QED) is 0.551. The van der Waals surface area contributed by atoms with E-state index in [2.05, 4.69) is 0 Å². The minimum Gasteiger partial charge on any atom is -0.460 e. The summed E-state index contributed by atoms with van der Waals surface area (Å²) in [7, 11) is 0. The predicted octanol–water partition coefficient (Wildman–Crippen LogP) is 2.72. The number of hydrogen-bond donors (Lipinski definition) is 0. The van der Waals surface area contributed by atoms with Gasteiger partial charge in [0.15, 0.2) is 0 Å². The molecule has 0 unspecified atom stereocenters. The van der Waals surface area contributed by atoms with E-state index < -0.39 is 0 Å². The molecule has 0 atom stereocenters. The highest BCUT2D eigenvalue weighted by molar-refractivity contribution is 5.00. The Morgan fingerprint density at radius 2 is 1.42 bits per heavy atom. The minimum absolute atomic E-state index is 0.332. The molecule has 2 rings (SSSR count). The van der Waals surface area contributed by atoms with Crippen molar-refractivity contribution in [3.05, 3.63) is 24.7 Å². The zero-order valence-corrected chi connectivity index (χ0v) is 7.16. The molecule has 12 heavy (non-hydrogen) atoms. The molecule has 0 aromatic rings. The Labute approximate surface area is 72.9 Å². The van der Waals surface area contributed by atoms with Crippen molar-refractivity contribution in [2.45, 2.75) is 37.9 Å². The fraction of sp³-hybridized carbons (Fsp3) is 0.600. The van der Waals surface area contributed by atoms with Crippen molar-refractivity contribution in [3.63, 3.8) is 0 Å². The topological polar surface area (TPSA) is 18.5 Å². The maximum atomic E-state index is 5.57.